The fraction of sp³-hybridized carbons (Fsp3) is 0.524. The van der Waals surface area contributed by atoms with E-state index in [1.807, 2.05) is 20.8 Å². The van der Waals surface area contributed by atoms with Gasteiger partial charge in [0.25, 0.3) is 5.56 Å². The van der Waals surface area contributed by atoms with E-state index in [-0.39, 0.29) is 16.1 Å². The van der Waals surface area contributed by atoms with E-state index in [0.717, 1.165) is 32.5 Å². The predicted molar refractivity (Wildman–Crippen MR) is 112 cm³/mol. The van der Waals surface area contributed by atoms with Gasteiger partial charge in [0.15, 0.2) is 0 Å². The van der Waals surface area contributed by atoms with Crippen LogP contribution in [-0.2, 0) is 12.1 Å². The summed E-state index contributed by atoms with van der Waals surface area (Å²) in [7, 11) is 0. The average molecular weight is 389 g/mol. The summed E-state index contributed by atoms with van der Waals surface area (Å²) in [5, 5.41) is 7.95. The molecule has 0 bridgehead atoms. The van der Waals surface area contributed by atoms with Crippen molar-refractivity contribution in [3.63, 3.8) is 0 Å². The predicted octanol–water partition coefficient (Wildman–Crippen LogP) is 4.04. The largest absolute Gasteiger partial charge is 0.380 e. The van der Waals surface area contributed by atoms with Crippen molar-refractivity contribution in [3.05, 3.63) is 57.0 Å². The number of benzene rings is 1. The third-order valence-electron chi connectivity index (χ3n) is 4.99. The Morgan fingerprint density at radius 3 is 2.59 bits per heavy atom. The molecule has 3 rings (SSSR count). The van der Waals surface area contributed by atoms with Crippen LogP contribution in [0.5, 0.6) is 0 Å². The first kappa shape index (κ1) is 19.9. The lowest BCUT2D eigenvalue weighted by Gasteiger charge is -2.33. The van der Waals surface area contributed by atoms with Gasteiger partial charge in [-0.15, -0.1) is 0 Å². The first-order valence-electron chi connectivity index (χ1n) is 9.57. The second-order valence-electron chi connectivity index (χ2n) is 8.44. The van der Waals surface area contributed by atoms with Crippen LogP contribution in [0, 0.1) is 6.92 Å². The molecule has 0 amide bonds. The number of nitrogens with zero attached hydrogens (tertiary/aromatic N) is 3. The smallest absolute Gasteiger partial charge is 0.288 e. The molecule has 0 aliphatic carbocycles. The fourth-order valence-electron chi connectivity index (χ4n) is 3.54. The molecule has 0 radical (unpaired) electrons. The number of piperidine rings is 1. The van der Waals surface area contributed by atoms with Crippen molar-refractivity contribution in [3.8, 4) is 0 Å². The number of aromatic nitrogens is 2. The molecule has 5 nitrogen and oxygen atoms in total. The molecule has 6 heteroatoms. The Labute approximate surface area is 166 Å². The van der Waals surface area contributed by atoms with Crippen molar-refractivity contribution in [2.24, 2.45) is 0 Å². The number of rotatable bonds is 4. The Bertz CT molecular complexity index is 848. The minimum atomic E-state index is -0.389. The third-order valence-corrected chi connectivity index (χ3v) is 5.36. The van der Waals surface area contributed by atoms with Gasteiger partial charge < -0.3 is 5.32 Å². The van der Waals surface area contributed by atoms with Crippen LogP contribution < -0.4 is 10.9 Å². The van der Waals surface area contributed by atoms with E-state index >= 15 is 0 Å². The van der Waals surface area contributed by atoms with Crippen LogP contribution >= 0.6 is 11.6 Å². The molecule has 1 aliphatic heterocycles. The summed E-state index contributed by atoms with van der Waals surface area (Å²) in [6, 6.07) is 8.99. The minimum absolute atomic E-state index is 0.224. The number of aryl methyl sites for hydroxylation is 1. The summed E-state index contributed by atoms with van der Waals surface area (Å²) in [6.07, 6.45) is 3.71. The molecular formula is C21H29ClN4O. The van der Waals surface area contributed by atoms with Gasteiger partial charge in [0, 0.05) is 25.7 Å². The van der Waals surface area contributed by atoms with Crippen LogP contribution in [0.15, 0.2) is 35.3 Å². The van der Waals surface area contributed by atoms with Gasteiger partial charge in [0.2, 0.25) is 0 Å². The van der Waals surface area contributed by atoms with Crippen molar-refractivity contribution in [1.29, 1.82) is 0 Å². The standard InChI is InChI=1S/C21H29ClN4O/c1-15-6-5-7-16(12-15)14-25-10-8-17(9-11-25)24-18-13-23-26(21(2,3)4)20(27)19(18)22/h5-7,12-13,17,24H,8-11,14H2,1-4H3. The van der Waals surface area contributed by atoms with Crippen molar-refractivity contribution in [2.75, 3.05) is 18.4 Å². The van der Waals surface area contributed by atoms with E-state index in [2.05, 4.69) is 46.5 Å². The summed E-state index contributed by atoms with van der Waals surface area (Å²) in [5.74, 6) is 0. The molecule has 27 heavy (non-hydrogen) atoms. The van der Waals surface area contributed by atoms with Crippen LogP contribution in [0.2, 0.25) is 5.02 Å². The topological polar surface area (TPSA) is 50.2 Å². The molecule has 1 fully saturated rings. The van der Waals surface area contributed by atoms with E-state index in [4.69, 9.17) is 11.6 Å². The molecule has 2 aromatic rings. The van der Waals surface area contributed by atoms with E-state index in [1.54, 1.807) is 6.20 Å². The summed E-state index contributed by atoms with van der Waals surface area (Å²) in [5.41, 5.74) is 2.67. The van der Waals surface area contributed by atoms with Gasteiger partial charge in [0.05, 0.1) is 17.4 Å². The van der Waals surface area contributed by atoms with E-state index < -0.39 is 0 Å². The molecule has 1 saturated heterocycles. The molecule has 1 aromatic heterocycles. The maximum atomic E-state index is 12.5. The van der Waals surface area contributed by atoms with Gasteiger partial charge in [-0.25, -0.2) is 4.68 Å². The molecule has 1 aromatic carbocycles. The van der Waals surface area contributed by atoms with Crippen LogP contribution in [-0.4, -0.2) is 33.8 Å². The normalized spacial score (nSPS) is 16.5. The summed E-state index contributed by atoms with van der Waals surface area (Å²) < 4.78 is 1.44. The first-order valence-corrected chi connectivity index (χ1v) is 9.94. The number of nitrogens with one attached hydrogen (secondary N) is 1. The van der Waals surface area contributed by atoms with Crippen molar-refractivity contribution < 1.29 is 0 Å². The lowest BCUT2D eigenvalue weighted by molar-refractivity contribution is 0.211. The number of hydrogen-bond acceptors (Lipinski definition) is 4. The Hall–Kier alpha value is -1.85. The average Bonchev–Trinajstić information content (AvgIpc) is 2.59. The van der Waals surface area contributed by atoms with E-state index in [9.17, 15) is 4.79 Å². The maximum absolute atomic E-state index is 12.5. The zero-order valence-corrected chi connectivity index (χ0v) is 17.4. The zero-order valence-electron chi connectivity index (χ0n) is 16.6. The van der Waals surface area contributed by atoms with Crippen molar-refractivity contribution in [1.82, 2.24) is 14.7 Å². The summed E-state index contributed by atoms with van der Waals surface area (Å²) in [4.78, 5) is 15.0. The molecular weight excluding hydrogens is 360 g/mol. The Morgan fingerprint density at radius 2 is 1.96 bits per heavy atom. The molecule has 146 valence electrons. The van der Waals surface area contributed by atoms with Crippen molar-refractivity contribution in [2.45, 2.75) is 58.7 Å². The fourth-order valence-corrected chi connectivity index (χ4v) is 3.72. The highest BCUT2D eigenvalue weighted by Crippen LogP contribution is 2.23. The molecule has 0 saturated carbocycles. The monoisotopic (exact) mass is 388 g/mol. The van der Waals surface area contributed by atoms with Crippen LogP contribution in [0.3, 0.4) is 0 Å². The molecule has 0 spiro atoms. The molecule has 2 heterocycles. The number of halogens is 1. The quantitative estimate of drug-likeness (QED) is 0.858. The highest BCUT2D eigenvalue weighted by Gasteiger charge is 2.23. The minimum Gasteiger partial charge on any atom is -0.380 e. The Balaban J connectivity index is 1.59. The molecule has 1 N–H and O–H groups in total. The van der Waals surface area contributed by atoms with Crippen molar-refractivity contribution >= 4 is 17.3 Å². The number of likely N-dealkylation sites (tertiary alicyclic amines) is 1. The summed E-state index contributed by atoms with van der Waals surface area (Å²) in [6.45, 7) is 11.0. The molecule has 1 aliphatic rings. The van der Waals surface area contributed by atoms with Gasteiger partial charge in [-0.05, 0) is 46.1 Å². The second kappa shape index (κ2) is 8.03. The SMILES string of the molecule is Cc1cccc(CN2CCC(Nc3cnn(C(C)(C)C)c(=O)c3Cl)CC2)c1. The van der Waals surface area contributed by atoms with E-state index in [0.29, 0.717) is 11.7 Å². The molecule has 0 atom stereocenters. The zero-order chi connectivity index (χ0) is 19.6. The van der Waals surface area contributed by atoms with Crippen LogP contribution in [0.1, 0.15) is 44.7 Å². The lowest BCUT2D eigenvalue weighted by atomic mass is 10.0. The Morgan fingerprint density at radius 1 is 1.26 bits per heavy atom. The molecule has 0 unspecified atom stereocenters. The van der Waals surface area contributed by atoms with Crippen LogP contribution in [0.4, 0.5) is 5.69 Å². The van der Waals surface area contributed by atoms with Gasteiger partial charge in [-0.2, -0.15) is 5.10 Å². The van der Waals surface area contributed by atoms with Gasteiger partial charge in [0.1, 0.15) is 5.02 Å². The highest BCUT2D eigenvalue weighted by atomic mass is 35.5. The third kappa shape index (κ3) is 4.90. The highest BCUT2D eigenvalue weighted by molar-refractivity contribution is 6.32. The second-order valence-corrected chi connectivity index (χ2v) is 8.82. The van der Waals surface area contributed by atoms with Crippen LogP contribution in [0.25, 0.3) is 0 Å². The number of anilines is 1. The van der Waals surface area contributed by atoms with Gasteiger partial charge in [-0.1, -0.05) is 41.4 Å². The van der Waals surface area contributed by atoms with E-state index in [1.165, 1.54) is 15.8 Å². The lowest BCUT2D eigenvalue weighted by Crippen LogP contribution is -2.40. The maximum Gasteiger partial charge on any atom is 0.288 e. The van der Waals surface area contributed by atoms with Gasteiger partial charge in [-0.3, -0.25) is 9.69 Å². The van der Waals surface area contributed by atoms with Gasteiger partial charge >= 0.3 is 0 Å². The summed E-state index contributed by atoms with van der Waals surface area (Å²) >= 11 is 6.33. The first-order chi connectivity index (χ1) is 12.7. The Kier molecular flexibility index (Phi) is 5.92. The number of hydrogen-bond donors (Lipinski definition) is 1.